The average molecular weight is 342 g/mol. The van der Waals surface area contributed by atoms with Crippen molar-refractivity contribution in [2.24, 2.45) is 0 Å². The summed E-state index contributed by atoms with van der Waals surface area (Å²) >= 11 is 0. The Balaban J connectivity index is 2.01. The minimum absolute atomic E-state index is 0.104. The zero-order chi connectivity index (χ0) is 18.1. The van der Waals surface area contributed by atoms with Crippen LogP contribution in [0.25, 0.3) is 0 Å². The number of hydrogen-bond acceptors (Lipinski definition) is 3. The number of hydrogen-bond donors (Lipinski definition) is 3. The van der Waals surface area contributed by atoms with Crippen LogP contribution in [-0.2, 0) is 6.61 Å². The zero-order valence-electron chi connectivity index (χ0n) is 14.8. The lowest BCUT2D eigenvalue weighted by atomic mass is 9.98. The van der Waals surface area contributed by atoms with Gasteiger partial charge < -0.3 is 20.5 Å². The fraction of sp³-hybridized carbons (Fsp3) is 0.350. The number of urea groups is 1. The van der Waals surface area contributed by atoms with Crippen molar-refractivity contribution >= 4 is 11.7 Å². The first-order chi connectivity index (χ1) is 12.1. The van der Waals surface area contributed by atoms with Crippen molar-refractivity contribution < 1.29 is 14.6 Å². The average Bonchev–Trinajstić information content (AvgIpc) is 2.62. The number of carbonyl (C=O) groups is 1. The summed E-state index contributed by atoms with van der Waals surface area (Å²) in [5.74, 6) is 0.776. The summed E-state index contributed by atoms with van der Waals surface area (Å²) in [5, 5.41) is 15.2. The summed E-state index contributed by atoms with van der Waals surface area (Å²) in [7, 11) is 0. The summed E-state index contributed by atoms with van der Waals surface area (Å²) in [5.41, 5.74) is 0.935. The highest BCUT2D eigenvalue weighted by atomic mass is 16.5. The van der Waals surface area contributed by atoms with Crippen LogP contribution in [0.1, 0.15) is 32.3 Å². The largest absolute Gasteiger partial charge is 0.489 e. The Morgan fingerprint density at radius 3 is 2.48 bits per heavy atom. The second-order valence-electron chi connectivity index (χ2n) is 6.31. The van der Waals surface area contributed by atoms with Gasteiger partial charge in [-0.05, 0) is 31.5 Å². The summed E-state index contributed by atoms with van der Waals surface area (Å²) in [6, 6.07) is 16.7. The quantitative estimate of drug-likeness (QED) is 0.680. The molecule has 1 atom stereocenters. The van der Waals surface area contributed by atoms with E-state index < -0.39 is 5.54 Å². The zero-order valence-corrected chi connectivity index (χ0v) is 14.8. The highest BCUT2D eigenvalue weighted by Crippen LogP contribution is 2.19. The molecule has 5 nitrogen and oxygen atoms in total. The summed E-state index contributed by atoms with van der Waals surface area (Å²) < 4.78 is 5.76. The van der Waals surface area contributed by atoms with Crippen LogP contribution >= 0.6 is 0 Å². The van der Waals surface area contributed by atoms with E-state index in [1.54, 1.807) is 0 Å². The normalized spacial score (nSPS) is 12.9. The van der Waals surface area contributed by atoms with Crippen LogP contribution < -0.4 is 15.4 Å². The van der Waals surface area contributed by atoms with Crippen molar-refractivity contribution in [2.45, 2.75) is 38.8 Å². The third-order valence-corrected chi connectivity index (χ3v) is 3.97. The molecule has 0 radical (unpaired) electrons. The molecular weight excluding hydrogens is 316 g/mol. The molecule has 0 heterocycles. The second-order valence-corrected chi connectivity index (χ2v) is 6.31. The molecular formula is C20H26N2O3. The van der Waals surface area contributed by atoms with Gasteiger partial charge in [-0.3, -0.25) is 0 Å². The molecule has 0 aliphatic heterocycles. The van der Waals surface area contributed by atoms with Crippen molar-refractivity contribution in [3.8, 4) is 5.75 Å². The number of para-hydroxylation sites is 2. The number of rotatable bonds is 8. The van der Waals surface area contributed by atoms with Gasteiger partial charge in [0.2, 0.25) is 0 Å². The molecule has 2 aromatic rings. The van der Waals surface area contributed by atoms with Gasteiger partial charge in [-0.2, -0.15) is 0 Å². The minimum atomic E-state index is -0.631. The molecule has 0 saturated heterocycles. The number of nitrogens with one attached hydrogen (secondary N) is 2. The molecule has 0 saturated carbocycles. The predicted molar refractivity (Wildman–Crippen MR) is 99.8 cm³/mol. The molecule has 5 heteroatoms. The van der Waals surface area contributed by atoms with E-state index in [4.69, 9.17) is 4.74 Å². The van der Waals surface area contributed by atoms with Crippen LogP contribution in [0.15, 0.2) is 54.6 Å². The molecule has 2 rings (SSSR count). The highest BCUT2D eigenvalue weighted by molar-refractivity contribution is 5.90. The van der Waals surface area contributed by atoms with Crippen molar-refractivity contribution in [2.75, 3.05) is 11.9 Å². The molecule has 25 heavy (non-hydrogen) atoms. The second kappa shape index (κ2) is 9.08. The van der Waals surface area contributed by atoms with E-state index in [2.05, 4.69) is 10.6 Å². The summed E-state index contributed by atoms with van der Waals surface area (Å²) in [6.07, 6.45) is 1.58. The fourth-order valence-electron chi connectivity index (χ4n) is 2.61. The van der Waals surface area contributed by atoms with Gasteiger partial charge in [0, 0.05) is 11.3 Å². The van der Waals surface area contributed by atoms with Crippen molar-refractivity contribution in [1.82, 2.24) is 5.32 Å². The molecule has 2 aromatic carbocycles. The third-order valence-electron chi connectivity index (χ3n) is 3.97. The van der Waals surface area contributed by atoms with Crippen LogP contribution in [0.5, 0.6) is 5.75 Å². The molecule has 0 aliphatic rings. The summed E-state index contributed by atoms with van der Waals surface area (Å²) in [4.78, 5) is 12.3. The lowest BCUT2D eigenvalue weighted by molar-refractivity contribution is 0.167. The van der Waals surface area contributed by atoms with E-state index in [0.29, 0.717) is 18.7 Å². The Hall–Kier alpha value is -2.53. The highest BCUT2D eigenvalue weighted by Gasteiger charge is 2.24. The van der Waals surface area contributed by atoms with E-state index >= 15 is 0 Å². The lowest BCUT2D eigenvalue weighted by Gasteiger charge is -2.28. The monoisotopic (exact) mass is 342 g/mol. The van der Waals surface area contributed by atoms with E-state index in [1.807, 2.05) is 68.4 Å². The van der Waals surface area contributed by atoms with Gasteiger partial charge in [0.05, 0.1) is 12.1 Å². The van der Waals surface area contributed by atoms with Crippen molar-refractivity contribution in [3.63, 3.8) is 0 Å². The molecule has 2 amide bonds. The van der Waals surface area contributed by atoms with Gasteiger partial charge >= 0.3 is 6.03 Å². The molecule has 0 spiro atoms. The van der Waals surface area contributed by atoms with Crippen LogP contribution in [0.2, 0.25) is 0 Å². The number of carbonyl (C=O) groups excluding carboxylic acids is 1. The van der Waals surface area contributed by atoms with Crippen LogP contribution in [0, 0.1) is 0 Å². The maximum atomic E-state index is 12.3. The number of amides is 2. The predicted octanol–water partition coefficient (Wildman–Crippen LogP) is 3.94. The lowest BCUT2D eigenvalue weighted by Crippen LogP contribution is -2.50. The molecule has 0 bridgehead atoms. The van der Waals surface area contributed by atoms with Gasteiger partial charge in [0.1, 0.15) is 12.4 Å². The molecule has 1 unspecified atom stereocenters. The first-order valence-corrected chi connectivity index (χ1v) is 8.52. The van der Waals surface area contributed by atoms with Crippen LogP contribution in [-0.4, -0.2) is 23.3 Å². The maximum absolute atomic E-state index is 12.3. The maximum Gasteiger partial charge on any atom is 0.319 e. The third kappa shape index (κ3) is 5.80. The molecule has 134 valence electrons. The van der Waals surface area contributed by atoms with E-state index in [1.165, 1.54) is 0 Å². The van der Waals surface area contributed by atoms with E-state index in [9.17, 15) is 9.90 Å². The first kappa shape index (κ1) is 18.8. The van der Waals surface area contributed by atoms with Crippen LogP contribution in [0.4, 0.5) is 10.5 Å². The van der Waals surface area contributed by atoms with E-state index in [0.717, 1.165) is 17.7 Å². The number of ether oxygens (including phenoxy) is 1. The standard InChI is InChI=1S/C20H26N2O3/c1-3-13-20(2,15-23)22-19(24)21-18-12-8-7-9-16(18)14-25-17-10-5-4-6-11-17/h4-12,23H,3,13-15H2,1-2H3,(H2,21,22,24). The summed E-state index contributed by atoms with van der Waals surface area (Å²) in [6.45, 7) is 4.10. The Bertz CT molecular complexity index is 676. The van der Waals surface area contributed by atoms with Crippen LogP contribution in [0.3, 0.4) is 0 Å². The molecule has 0 aliphatic carbocycles. The van der Waals surface area contributed by atoms with Gasteiger partial charge in [0.15, 0.2) is 0 Å². The first-order valence-electron chi connectivity index (χ1n) is 8.52. The number of benzene rings is 2. The minimum Gasteiger partial charge on any atom is -0.489 e. The SMILES string of the molecule is CCCC(C)(CO)NC(=O)Nc1ccccc1COc1ccccc1. The van der Waals surface area contributed by atoms with Gasteiger partial charge in [-0.25, -0.2) is 4.79 Å². The fourth-order valence-corrected chi connectivity index (χ4v) is 2.61. The van der Waals surface area contributed by atoms with Crippen molar-refractivity contribution in [1.29, 1.82) is 0 Å². The molecule has 3 N–H and O–H groups in total. The Morgan fingerprint density at radius 2 is 1.80 bits per heavy atom. The van der Waals surface area contributed by atoms with Gasteiger partial charge in [-0.15, -0.1) is 0 Å². The van der Waals surface area contributed by atoms with Gasteiger partial charge in [0.25, 0.3) is 0 Å². The number of anilines is 1. The van der Waals surface area contributed by atoms with Gasteiger partial charge in [-0.1, -0.05) is 49.7 Å². The Labute approximate surface area is 149 Å². The number of aliphatic hydroxyl groups excluding tert-OH is 1. The smallest absolute Gasteiger partial charge is 0.319 e. The Kier molecular flexibility index (Phi) is 6.83. The van der Waals surface area contributed by atoms with E-state index in [-0.39, 0.29) is 12.6 Å². The topological polar surface area (TPSA) is 70.6 Å². The Morgan fingerprint density at radius 1 is 1.12 bits per heavy atom. The molecule has 0 aromatic heterocycles. The number of aliphatic hydroxyl groups is 1. The molecule has 0 fully saturated rings. The van der Waals surface area contributed by atoms with Crippen molar-refractivity contribution in [3.05, 3.63) is 60.2 Å².